The van der Waals surface area contributed by atoms with Gasteiger partial charge in [0.25, 0.3) is 0 Å². The van der Waals surface area contributed by atoms with Crippen molar-refractivity contribution in [1.29, 1.82) is 0 Å². The van der Waals surface area contributed by atoms with Crippen molar-refractivity contribution in [3.05, 3.63) is 63.3 Å². The molecule has 0 fully saturated rings. The average molecular weight is 621 g/mol. The number of hydrogen-bond acceptors (Lipinski definition) is 7. The van der Waals surface area contributed by atoms with Crippen LogP contribution >= 0.6 is 34.5 Å². The predicted octanol–water partition coefficient (Wildman–Crippen LogP) is 7.68. The normalized spacial score (nSPS) is 10.9. The zero-order valence-corrected chi connectivity index (χ0v) is 26.2. The number of halogens is 3. The van der Waals surface area contributed by atoms with E-state index < -0.39 is 16.8 Å². The summed E-state index contributed by atoms with van der Waals surface area (Å²) in [6, 6.07) is 7.51. The first-order valence-corrected chi connectivity index (χ1v) is 15.4. The van der Waals surface area contributed by atoms with Gasteiger partial charge in [0.15, 0.2) is 16.1 Å². The van der Waals surface area contributed by atoms with Crippen LogP contribution in [0.4, 0.5) is 9.52 Å². The molecule has 7 nitrogen and oxygen atoms in total. The standard InChI is InChI=1S/C23H24Cl2FN3O4S2.2C2H6/c1-3-32-22(30)14-27-8-4-5-15-11-16(24)6-7-19(15)33-20-13-18(26)21(12-17(20)25)35(31)29(2)23-28-9-10-34-23;2*1-2/h6-7,9-13,27H,3-5,8,14H2,1-2H3;2*1-2H3. The Morgan fingerprint density at radius 3 is 2.51 bits per heavy atom. The second-order valence-electron chi connectivity index (χ2n) is 7.21. The SMILES string of the molecule is CC.CC.CCOC(=O)CNCCCc1cc(Cl)ccc1Oc1cc(F)c(S(=O)N(C)c2nccs2)cc1Cl. The fourth-order valence-electron chi connectivity index (χ4n) is 3.08. The van der Waals surface area contributed by atoms with Crippen molar-refractivity contribution >= 4 is 56.6 Å². The van der Waals surface area contributed by atoms with Gasteiger partial charge in [-0.3, -0.25) is 9.10 Å². The molecule has 1 aromatic heterocycles. The minimum atomic E-state index is -1.84. The van der Waals surface area contributed by atoms with Gasteiger partial charge in [-0.25, -0.2) is 13.6 Å². The number of thiazole rings is 1. The van der Waals surface area contributed by atoms with E-state index in [4.69, 9.17) is 32.7 Å². The number of nitrogens with one attached hydrogen (secondary N) is 1. The topological polar surface area (TPSA) is 80.8 Å². The molecular weight excluding hydrogens is 584 g/mol. The molecule has 216 valence electrons. The number of carbonyl (C=O) groups is 1. The zero-order chi connectivity index (χ0) is 29.4. The molecule has 39 heavy (non-hydrogen) atoms. The van der Waals surface area contributed by atoms with Crippen molar-refractivity contribution in [3.63, 3.8) is 0 Å². The second kappa shape index (κ2) is 18.9. The highest BCUT2D eigenvalue weighted by molar-refractivity contribution is 7.86. The van der Waals surface area contributed by atoms with E-state index in [1.807, 2.05) is 27.7 Å². The molecule has 3 rings (SSSR count). The Labute approximate surface area is 247 Å². The van der Waals surface area contributed by atoms with Gasteiger partial charge in [0.1, 0.15) is 17.3 Å². The number of anilines is 1. The summed E-state index contributed by atoms with van der Waals surface area (Å²) in [5, 5.41) is 5.89. The van der Waals surface area contributed by atoms with Crippen LogP contribution in [0.5, 0.6) is 11.5 Å². The van der Waals surface area contributed by atoms with Crippen molar-refractivity contribution in [3.8, 4) is 11.5 Å². The fraction of sp³-hybridized carbons (Fsp3) is 0.407. The van der Waals surface area contributed by atoms with E-state index in [1.54, 1.807) is 43.7 Å². The maximum atomic E-state index is 14.9. The molecule has 0 radical (unpaired) electrons. The molecule has 1 heterocycles. The van der Waals surface area contributed by atoms with Crippen molar-refractivity contribution in [2.75, 3.05) is 31.0 Å². The molecule has 0 aliphatic heterocycles. The molecule has 1 atom stereocenters. The number of carbonyl (C=O) groups excluding carboxylic acids is 1. The van der Waals surface area contributed by atoms with Crippen LogP contribution < -0.4 is 14.4 Å². The summed E-state index contributed by atoms with van der Waals surface area (Å²) in [6.07, 6.45) is 2.86. The smallest absolute Gasteiger partial charge is 0.319 e. The van der Waals surface area contributed by atoms with Gasteiger partial charge in [0.2, 0.25) is 0 Å². The van der Waals surface area contributed by atoms with E-state index in [2.05, 4.69) is 10.3 Å². The van der Waals surface area contributed by atoms with E-state index in [-0.39, 0.29) is 28.2 Å². The Kier molecular flexibility index (Phi) is 16.9. The third-order valence-electron chi connectivity index (χ3n) is 4.73. The molecule has 0 saturated carbocycles. The summed E-state index contributed by atoms with van der Waals surface area (Å²) in [4.78, 5) is 15.4. The van der Waals surface area contributed by atoms with Crippen LogP contribution in [0.2, 0.25) is 10.0 Å². The zero-order valence-electron chi connectivity index (χ0n) is 23.1. The molecule has 2 aromatic carbocycles. The Balaban J connectivity index is 0.00000181. The Morgan fingerprint density at radius 1 is 1.15 bits per heavy atom. The molecule has 1 unspecified atom stereocenters. The summed E-state index contributed by atoms with van der Waals surface area (Å²) in [5.74, 6) is -0.469. The molecular formula is C27H36Cl2FN3O4S2. The Hall–Kier alpha value is -2.24. The summed E-state index contributed by atoms with van der Waals surface area (Å²) in [5.41, 5.74) is 0.795. The van der Waals surface area contributed by atoms with E-state index >= 15 is 0 Å². The van der Waals surface area contributed by atoms with E-state index in [9.17, 15) is 13.4 Å². The van der Waals surface area contributed by atoms with Crippen LogP contribution in [0.3, 0.4) is 0 Å². The lowest BCUT2D eigenvalue weighted by Gasteiger charge is -2.17. The first-order chi connectivity index (χ1) is 18.8. The van der Waals surface area contributed by atoms with Crippen molar-refractivity contribution in [2.45, 2.75) is 52.4 Å². The maximum Gasteiger partial charge on any atom is 0.319 e. The highest BCUT2D eigenvalue weighted by Crippen LogP contribution is 2.36. The van der Waals surface area contributed by atoms with Crippen LogP contribution in [-0.2, 0) is 26.9 Å². The van der Waals surface area contributed by atoms with Crippen LogP contribution in [-0.4, -0.2) is 41.9 Å². The van der Waals surface area contributed by atoms with Gasteiger partial charge in [0, 0.05) is 29.7 Å². The van der Waals surface area contributed by atoms with E-state index in [0.717, 1.165) is 11.6 Å². The molecule has 0 amide bonds. The minimum Gasteiger partial charge on any atom is -0.465 e. The van der Waals surface area contributed by atoms with Crippen LogP contribution in [0.1, 0.15) is 46.6 Å². The summed E-state index contributed by atoms with van der Waals surface area (Å²) < 4.78 is 39.9. The first kappa shape index (κ1) is 34.8. The largest absolute Gasteiger partial charge is 0.465 e. The van der Waals surface area contributed by atoms with E-state index in [1.165, 1.54) is 21.7 Å². The molecule has 12 heteroatoms. The first-order valence-electron chi connectivity index (χ1n) is 12.7. The van der Waals surface area contributed by atoms with Crippen molar-refractivity contribution in [2.24, 2.45) is 0 Å². The monoisotopic (exact) mass is 619 g/mol. The van der Waals surface area contributed by atoms with Gasteiger partial charge in [-0.05, 0) is 56.1 Å². The van der Waals surface area contributed by atoms with Gasteiger partial charge >= 0.3 is 5.97 Å². The highest BCUT2D eigenvalue weighted by Gasteiger charge is 2.21. The number of nitrogens with zero attached hydrogens (tertiary/aromatic N) is 2. The molecule has 0 spiro atoms. The number of ether oxygens (including phenoxy) is 2. The molecule has 0 bridgehead atoms. The molecule has 0 aliphatic carbocycles. The number of benzene rings is 2. The lowest BCUT2D eigenvalue weighted by Crippen LogP contribution is -2.25. The van der Waals surface area contributed by atoms with Gasteiger partial charge in [-0.1, -0.05) is 50.9 Å². The molecule has 0 saturated heterocycles. The van der Waals surface area contributed by atoms with Crippen LogP contribution in [0.15, 0.2) is 46.8 Å². The molecule has 0 aliphatic rings. The number of aromatic nitrogens is 1. The van der Waals surface area contributed by atoms with Crippen molar-refractivity contribution < 1.29 is 22.9 Å². The maximum absolute atomic E-state index is 14.9. The fourth-order valence-corrected chi connectivity index (χ4v) is 5.32. The predicted molar refractivity (Wildman–Crippen MR) is 160 cm³/mol. The van der Waals surface area contributed by atoms with Gasteiger partial charge < -0.3 is 14.8 Å². The summed E-state index contributed by atoms with van der Waals surface area (Å²) in [7, 11) is -0.280. The minimum absolute atomic E-state index is 0.0796. The quantitative estimate of drug-likeness (QED) is 0.165. The average Bonchev–Trinajstić information content (AvgIpc) is 3.48. The van der Waals surface area contributed by atoms with Crippen LogP contribution in [0, 0.1) is 5.82 Å². The molecule has 1 N–H and O–H groups in total. The Bertz CT molecular complexity index is 1180. The third kappa shape index (κ3) is 11.0. The Morgan fingerprint density at radius 2 is 1.87 bits per heavy atom. The third-order valence-corrected chi connectivity index (χ3v) is 7.58. The van der Waals surface area contributed by atoms with Gasteiger partial charge in [0.05, 0.1) is 23.1 Å². The van der Waals surface area contributed by atoms with E-state index in [0.29, 0.717) is 41.9 Å². The summed E-state index contributed by atoms with van der Waals surface area (Å²) >= 11 is 13.8. The number of aryl methyl sites for hydroxylation is 1. The van der Waals surface area contributed by atoms with Crippen LogP contribution in [0.25, 0.3) is 0 Å². The number of rotatable bonds is 12. The van der Waals surface area contributed by atoms with Gasteiger partial charge in [-0.15, -0.1) is 11.3 Å². The molecule has 3 aromatic rings. The lowest BCUT2D eigenvalue weighted by atomic mass is 10.1. The van der Waals surface area contributed by atoms with Gasteiger partial charge in [-0.2, -0.15) is 0 Å². The number of esters is 1. The lowest BCUT2D eigenvalue weighted by molar-refractivity contribution is -0.141. The number of hydrogen-bond donors (Lipinski definition) is 1. The summed E-state index contributed by atoms with van der Waals surface area (Å²) in [6.45, 7) is 10.8. The second-order valence-corrected chi connectivity index (χ2v) is 10.4. The van der Waals surface area contributed by atoms with Crippen molar-refractivity contribution in [1.82, 2.24) is 10.3 Å². The highest BCUT2D eigenvalue weighted by atomic mass is 35.5.